The topological polar surface area (TPSA) is 107 Å². The fourth-order valence-electron chi connectivity index (χ4n) is 2.42. The van der Waals surface area contributed by atoms with E-state index >= 15 is 0 Å². The highest BCUT2D eigenvalue weighted by molar-refractivity contribution is 7.89. The Morgan fingerprint density at radius 3 is 2.42 bits per heavy atom. The summed E-state index contributed by atoms with van der Waals surface area (Å²) in [6, 6.07) is 3.51. The van der Waals surface area contributed by atoms with Gasteiger partial charge in [-0.2, -0.15) is 0 Å². The number of rotatable bonds is 10. The first kappa shape index (κ1) is 22.5. The third-order valence-corrected chi connectivity index (χ3v) is 5.93. The van der Waals surface area contributed by atoms with E-state index in [-0.39, 0.29) is 18.8 Å². The Morgan fingerprint density at radius 1 is 1.27 bits per heavy atom. The Balaban J connectivity index is 2.69. The van der Waals surface area contributed by atoms with E-state index in [1.54, 1.807) is 19.1 Å². The average molecular weight is 389 g/mol. The molecular formula is C17H32N4O4S. The van der Waals surface area contributed by atoms with Gasteiger partial charge >= 0.3 is 0 Å². The van der Waals surface area contributed by atoms with Crippen molar-refractivity contribution in [3.8, 4) is 0 Å². The van der Waals surface area contributed by atoms with Crippen LogP contribution >= 0.6 is 0 Å². The van der Waals surface area contributed by atoms with Gasteiger partial charge in [0.2, 0.25) is 10.0 Å². The Bertz CT molecular complexity index is 679. The number of aliphatic hydroxyl groups is 1. The first-order chi connectivity index (χ1) is 12.2. The summed E-state index contributed by atoms with van der Waals surface area (Å²) in [5.74, 6) is 1.59. The first-order valence-corrected chi connectivity index (χ1v) is 10.6. The number of nitrogens with zero attached hydrogens (tertiary/aromatic N) is 2. The van der Waals surface area contributed by atoms with E-state index < -0.39 is 15.6 Å². The van der Waals surface area contributed by atoms with Gasteiger partial charge in [-0.15, -0.1) is 0 Å². The SMILES string of the molecule is CCNC(=NCC(C)(O)c1ccc(C)o1)NCCS(=O)(=O)N(CC)CC. The Labute approximate surface area is 156 Å². The smallest absolute Gasteiger partial charge is 0.215 e. The molecule has 9 heteroatoms. The molecule has 1 atom stereocenters. The molecule has 8 nitrogen and oxygen atoms in total. The highest BCUT2D eigenvalue weighted by Crippen LogP contribution is 2.22. The zero-order chi connectivity index (χ0) is 19.8. The highest BCUT2D eigenvalue weighted by Gasteiger charge is 2.26. The van der Waals surface area contributed by atoms with Crippen molar-refractivity contribution in [1.29, 1.82) is 0 Å². The summed E-state index contributed by atoms with van der Waals surface area (Å²) in [6.45, 7) is 10.8. The van der Waals surface area contributed by atoms with Crippen molar-refractivity contribution in [2.24, 2.45) is 4.99 Å². The van der Waals surface area contributed by atoms with Gasteiger partial charge in [0.15, 0.2) is 5.96 Å². The zero-order valence-electron chi connectivity index (χ0n) is 16.4. The number of aryl methyl sites for hydroxylation is 1. The summed E-state index contributed by atoms with van der Waals surface area (Å²) >= 11 is 0. The molecule has 0 bridgehead atoms. The van der Waals surface area contributed by atoms with Crippen LogP contribution in [0.25, 0.3) is 0 Å². The summed E-state index contributed by atoms with van der Waals surface area (Å²) in [4.78, 5) is 4.35. The molecule has 0 fully saturated rings. The van der Waals surface area contributed by atoms with Gasteiger partial charge in [0.25, 0.3) is 0 Å². The number of nitrogens with one attached hydrogen (secondary N) is 2. The minimum atomic E-state index is -3.29. The molecule has 3 N–H and O–H groups in total. The quantitative estimate of drug-likeness (QED) is 0.408. The Morgan fingerprint density at radius 2 is 1.92 bits per heavy atom. The number of hydrogen-bond donors (Lipinski definition) is 3. The van der Waals surface area contributed by atoms with Crippen LogP contribution in [0, 0.1) is 6.92 Å². The predicted molar refractivity (Wildman–Crippen MR) is 104 cm³/mol. The lowest BCUT2D eigenvalue weighted by Gasteiger charge is -2.21. The van der Waals surface area contributed by atoms with Crippen molar-refractivity contribution < 1.29 is 17.9 Å². The van der Waals surface area contributed by atoms with Gasteiger partial charge < -0.3 is 20.2 Å². The van der Waals surface area contributed by atoms with Crippen molar-refractivity contribution in [2.45, 2.75) is 40.2 Å². The van der Waals surface area contributed by atoms with E-state index in [1.165, 1.54) is 4.31 Å². The van der Waals surface area contributed by atoms with Crippen molar-refractivity contribution in [3.05, 3.63) is 23.7 Å². The van der Waals surface area contributed by atoms with Crippen molar-refractivity contribution >= 4 is 16.0 Å². The fraction of sp³-hybridized carbons (Fsp3) is 0.706. The lowest BCUT2D eigenvalue weighted by Crippen LogP contribution is -2.42. The molecule has 1 rings (SSSR count). The van der Waals surface area contributed by atoms with E-state index in [2.05, 4.69) is 15.6 Å². The zero-order valence-corrected chi connectivity index (χ0v) is 17.2. The second kappa shape index (κ2) is 9.94. The summed E-state index contributed by atoms with van der Waals surface area (Å²) < 4.78 is 31.3. The summed E-state index contributed by atoms with van der Waals surface area (Å²) in [5, 5.41) is 16.6. The molecule has 1 aromatic rings. The van der Waals surface area contributed by atoms with Gasteiger partial charge in [-0.1, -0.05) is 13.8 Å². The molecule has 1 unspecified atom stereocenters. The number of furan rings is 1. The van der Waals surface area contributed by atoms with Crippen LogP contribution < -0.4 is 10.6 Å². The summed E-state index contributed by atoms with van der Waals surface area (Å²) in [5.41, 5.74) is -1.25. The van der Waals surface area contributed by atoms with E-state index in [0.29, 0.717) is 31.4 Å². The highest BCUT2D eigenvalue weighted by atomic mass is 32.2. The molecule has 0 aliphatic heterocycles. The van der Waals surface area contributed by atoms with Crippen LogP contribution in [0.3, 0.4) is 0 Å². The van der Waals surface area contributed by atoms with Crippen LogP contribution in [0.1, 0.15) is 39.2 Å². The van der Waals surface area contributed by atoms with E-state index in [9.17, 15) is 13.5 Å². The molecular weight excluding hydrogens is 356 g/mol. The second-order valence-electron chi connectivity index (χ2n) is 6.21. The molecule has 0 saturated heterocycles. The van der Waals surface area contributed by atoms with E-state index in [4.69, 9.17) is 4.42 Å². The molecule has 0 aromatic carbocycles. The third-order valence-electron chi connectivity index (χ3n) is 3.91. The normalized spacial score (nSPS) is 15.1. The number of hydrogen-bond acceptors (Lipinski definition) is 5. The van der Waals surface area contributed by atoms with Gasteiger partial charge in [-0.25, -0.2) is 17.7 Å². The Hall–Kier alpha value is -1.58. The molecule has 0 aliphatic carbocycles. The standard InChI is InChI=1S/C17H32N4O4S/c1-6-18-16(19-11-12-26(23,24)21(7-2)8-3)20-13-17(5,22)15-10-9-14(4)25-15/h9-10,22H,6-8,11-13H2,1-5H3,(H2,18,19,20). The van der Waals surface area contributed by atoms with Crippen LogP contribution in [0.5, 0.6) is 0 Å². The molecule has 1 aromatic heterocycles. The van der Waals surface area contributed by atoms with Gasteiger partial charge in [-0.05, 0) is 32.9 Å². The van der Waals surface area contributed by atoms with Gasteiger partial charge in [0.1, 0.15) is 17.1 Å². The lowest BCUT2D eigenvalue weighted by atomic mass is 10.0. The molecule has 1 heterocycles. The fourth-order valence-corrected chi connectivity index (χ4v) is 3.83. The van der Waals surface area contributed by atoms with Crippen LogP contribution in [0.2, 0.25) is 0 Å². The predicted octanol–water partition coefficient (Wildman–Crippen LogP) is 1.02. The molecule has 0 aliphatic rings. The molecule has 0 radical (unpaired) electrons. The third kappa shape index (κ3) is 6.62. The maximum Gasteiger partial charge on any atom is 0.215 e. The molecule has 0 spiro atoms. The molecule has 150 valence electrons. The van der Waals surface area contributed by atoms with Gasteiger partial charge in [0.05, 0.1) is 12.3 Å². The lowest BCUT2D eigenvalue weighted by molar-refractivity contribution is 0.0428. The van der Waals surface area contributed by atoms with Gasteiger partial charge in [0, 0.05) is 26.2 Å². The largest absolute Gasteiger partial charge is 0.463 e. The van der Waals surface area contributed by atoms with E-state index in [1.807, 2.05) is 27.7 Å². The molecule has 0 amide bonds. The van der Waals surface area contributed by atoms with Crippen LogP contribution in [0.4, 0.5) is 0 Å². The number of aliphatic imine (C=N–C) groups is 1. The Kier molecular flexibility index (Phi) is 8.58. The maximum atomic E-state index is 12.2. The molecule has 26 heavy (non-hydrogen) atoms. The van der Waals surface area contributed by atoms with Crippen LogP contribution in [0.15, 0.2) is 21.5 Å². The van der Waals surface area contributed by atoms with Crippen LogP contribution in [-0.4, -0.2) is 62.3 Å². The van der Waals surface area contributed by atoms with E-state index in [0.717, 1.165) is 5.76 Å². The van der Waals surface area contributed by atoms with Gasteiger partial charge in [-0.3, -0.25) is 0 Å². The van der Waals surface area contributed by atoms with Crippen molar-refractivity contribution in [2.75, 3.05) is 38.5 Å². The van der Waals surface area contributed by atoms with Crippen molar-refractivity contribution in [3.63, 3.8) is 0 Å². The minimum absolute atomic E-state index is 0.0210. The number of sulfonamides is 1. The second-order valence-corrected chi connectivity index (χ2v) is 8.29. The minimum Gasteiger partial charge on any atom is -0.463 e. The maximum absolute atomic E-state index is 12.2. The van der Waals surface area contributed by atoms with Crippen LogP contribution in [-0.2, 0) is 15.6 Å². The average Bonchev–Trinajstić information content (AvgIpc) is 3.01. The van der Waals surface area contributed by atoms with Crippen molar-refractivity contribution in [1.82, 2.24) is 14.9 Å². The monoisotopic (exact) mass is 388 g/mol. The first-order valence-electron chi connectivity index (χ1n) is 8.95. The summed E-state index contributed by atoms with van der Waals surface area (Å²) in [6.07, 6.45) is 0. The molecule has 0 saturated carbocycles. The number of guanidine groups is 1. The summed E-state index contributed by atoms with van der Waals surface area (Å²) in [7, 11) is -3.29.